The lowest BCUT2D eigenvalue weighted by Crippen LogP contribution is -2.29. The summed E-state index contributed by atoms with van der Waals surface area (Å²) in [5.41, 5.74) is 5.78. The van der Waals surface area contributed by atoms with Gasteiger partial charge >= 0.3 is 0 Å². The van der Waals surface area contributed by atoms with E-state index in [9.17, 15) is 12.8 Å². The molecule has 2 aromatic heterocycles. The second-order valence-corrected chi connectivity index (χ2v) is 11.2. The first kappa shape index (κ1) is 24.9. The molecule has 5 rings (SSSR count). The molecule has 0 radical (unpaired) electrons. The SMILES string of the molecule is Cc1cc([C@H]2[C@@H](c3ccccn3)NC(=S)N2c2ccc(NS(C)(=O)=O)cc2)c(C)n1-c1cccc(F)c1. The zero-order chi connectivity index (χ0) is 26.3. The second kappa shape index (κ2) is 9.60. The van der Waals surface area contributed by atoms with Gasteiger partial charge in [0.2, 0.25) is 10.0 Å². The van der Waals surface area contributed by atoms with E-state index in [1.807, 2.05) is 59.7 Å². The highest BCUT2D eigenvalue weighted by atomic mass is 32.2. The molecule has 37 heavy (non-hydrogen) atoms. The lowest BCUT2D eigenvalue weighted by molar-refractivity contribution is 0.565. The average Bonchev–Trinajstić information content (AvgIpc) is 3.34. The van der Waals surface area contributed by atoms with Gasteiger partial charge in [-0.1, -0.05) is 12.1 Å². The molecule has 0 aliphatic carbocycles. The number of anilines is 2. The quantitative estimate of drug-likeness (QED) is 0.332. The molecule has 1 fully saturated rings. The number of halogens is 1. The van der Waals surface area contributed by atoms with Crippen LogP contribution in [0.1, 0.15) is 34.7 Å². The third-order valence-corrected chi connectivity index (χ3v) is 7.32. The Morgan fingerprint density at radius 3 is 2.41 bits per heavy atom. The number of aryl methyl sites for hydroxylation is 1. The molecule has 7 nitrogen and oxygen atoms in total. The van der Waals surface area contributed by atoms with Crippen molar-refractivity contribution in [3.8, 4) is 5.69 Å². The van der Waals surface area contributed by atoms with E-state index in [1.165, 1.54) is 12.1 Å². The highest BCUT2D eigenvalue weighted by Crippen LogP contribution is 2.44. The van der Waals surface area contributed by atoms with Gasteiger partial charge in [-0.25, -0.2) is 12.8 Å². The first-order chi connectivity index (χ1) is 17.6. The summed E-state index contributed by atoms with van der Waals surface area (Å²) in [6.07, 6.45) is 2.86. The topological polar surface area (TPSA) is 79.3 Å². The maximum absolute atomic E-state index is 14.1. The van der Waals surface area contributed by atoms with Gasteiger partial charge in [-0.3, -0.25) is 9.71 Å². The highest BCUT2D eigenvalue weighted by Gasteiger charge is 2.42. The van der Waals surface area contributed by atoms with Crippen LogP contribution in [-0.2, 0) is 10.0 Å². The zero-order valence-electron chi connectivity index (χ0n) is 20.5. The number of benzene rings is 2. The predicted octanol–water partition coefficient (Wildman–Crippen LogP) is 5.18. The molecule has 2 aromatic carbocycles. The van der Waals surface area contributed by atoms with E-state index in [-0.39, 0.29) is 17.9 Å². The van der Waals surface area contributed by atoms with Gasteiger partial charge < -0.3 is 14.8 Å². The summed E-state index contributed by atoms with van der Waals surface area (Å²) >= 11 is 5.81. The van der Waals surface area contributed by atoms with Gasteiger partial charge in [0, 0.05) is 34.6 Å². The Hall–Kier alpha value is -3.76. The Morgan fingerprint density at radius 1 is 1.00 bits per heavy atom. The molecule has 1 saturated heterocycles. The number of rotatable bonds is 6. The lowest BCUT2D eigenvalue weighted by atomic mass is 9.96. The minimum Gasteiger partial charge on any atom is -0.351 e. The number of pyridine rings is 1. The van der Waals surface area contributed by atoms with Crippen molar-refractivity contribution < 1.29 is 12.8 Å². The third-order valence-electron chi connectivity index (χ3n) is 6.40. The van der Waals surface area contributed by atoms with Gasteiger partial charge in [0.15, 0.2) is 5.11 Å². The number of sulfonamides is 1. The fourth-order valence-corrected chi connectivity index (χ4v) is 5.86. The Morgan fingerprint density at radius 2 is 1.76 bits per heavy atom. The molecule has 4 aromatic rings. The van der Waals surface area contributed by atoms with Crippen LogP contribution in [0.2, 0.25) is 0 Å². The van der Waals surface area contributed by atoms with Crippen LogP contribution < -0.4 is 14.9 Å². The van der Waals surface area contributed by atoms with E-state index < -0.39 is 10.0 Å². The van der Waals surface area contributed by atoms with Crippen LogP contribution in [0.5, 0.6) is 0 Å². The minimum absolute atomic E-state index is 0.246. The molecular weight excluding hydrogens is 509 g/mol. The molecule has 190 valence electrons. The Kier molecular flexibility index (Phi) is 6.47. The smallest absolute Gasteiger partial charge is 0.229 e. The highest BCUT2D eigenvalue weighted by molar-refractivity contribution is 7.92. The number of hydrogen-bond donors (Lipinski definition) is 2. The predicted molar refractivity (Wildman–Crippen MR) is 148 cm³/mol. The molecule has 2 N–H and O–H groups in total. The Bertz CT molecular complexity index is 1570. The molecule has 1 aliphatic rings. The third kappa shape index (κ3) is 4.94. The van der Waals surface area contributed by atoms with Crippen molar-refractivity contribution in [2.75, 3.05) is 15.9 Å². The molecule has 2 atom stereocenters. The van der Waals surface area contributed by atoms with Crippen LogP contribution in [0.15, 0.2) is 79.0 Å². The summed E-state index contributed by atoms with van der Waals surface area (Å²) in [5, 5.41) is 3.97. The van der Waals surface area contributed by atoms with Crippen molar-refractivity contribution >= 4 is 38.7 Å². The fraction of sp³-hybridized carbons (Fsp3) is 0.185. The fourth-order valence-electron chi connectivity index (χ4n) is 4.95. The van der Waals surface area contributed by atoms with Gasteiger partial charge in [0.05, 0.1) is 24.0 Å². The number of aromatic nitrogens is 2. The van der Waals surface area contributed by atoms with Gasteiger partial charge in [-0.15, -0.1) is 0 Å². The molecule has 0 unspecified atom stereocenters. The summed E-state index contributed by atoms with van der Waals surface area (Å²) in [4.78, 5) is 6.62. The van der Waals surface area contributed by atoms with Crippen LogP contribution in [0.4, 0.5) is 15.8 Å². The van der Waals surface area contributed by atoms with Crippen molar-refractivity contribution in [1.29, 1.82) is 0 Å². The lowest BCUT2D eigenvalue weighted by Gasteiger charge is -2.28. The summed E-state index contributed by atoms with van der Waals surface area (Å²) in [6, 6.07) is 21.0. The largest absolute Gasteiger partial charge is 0.351 e. The monoisotopic (exact) mass is 535 g/mol. The number of thiocarbonyl (C=S) groups is 1. The summed E-state index contributed by atoms with van der Waals surface area (Å²) in [6.45, 7) is 4.01. The number of nitrogens with zero attached hydrogens (tertiary/aromatic N) is 3. The molecule has 3 heterocycles. The molecule has 0 amide bonds. The van der Waals surface area contributed by atoms with Crippen LogP contribution in [0, 0.1) is 19.7 Å². The normalized spacial score (nSPS) is 17.6. The summed E-state index contributed by atoms with van der Waals surface area (Å²) in [5.74, 6) is -0.300. The maximum Gasteiger partial charge on any atom is 0.229 e. The zero-order valence-corrected chi connectivity index (χ0v) is 22.1. The van der Waals surface area contributed by atoms with Crippen molar-refractivity contribution in [3.05, 3.63) is 107 Å². The first-order valence-corrected chi connectivity index (χ1v) is 14.0. The van der Waals surface area contributed by atoms with Gasteiger partial charge in [0.25, 0.3) is 0 Å². The second-order valence-electron chi connectivity index (χ2n) is 9.06. The van der Waals surface area contributed by atoms with Crippen molar-refractivity contribution in [1.82, 2.24) is 14.9 Å². The minimum atomic E-state index is -3.39. The number of nitrogens with one attached hydrogen (secondary N) is 2. The van der Waals surface area contributed by atoms with E-state index >= 15 is 0 Å². The average molecular weight is 536 g/mol. The van der Waals surface area contributed by atoms with E-state index in [0.29, 0.717) is 10.8 Å². The first-order valence-electron chi connectivity index (χ1n) is 11.7. The molecule has 0 bridgehead atoms. The molecule has 1 aliphatic heterocycles. The van der Waals surface area contributed by atoms with E-state index in [0.717, 1.165) is 40.3 Å². The van der Waals surface area contributed by atoms with Crippen molar-refractivity contribution in [3.63, 3.8) is 0 Å². The Balaban J connectivity index is 1.63. The maximum atomic E-state index is 14.1. The van der Waals surface area contributed by atoms with Crippen molar-refractivity contribution in [2.45, 2.75) is 25.9 Å². The van der Waals surface area contributed by atoms with E-state index in [1.54, 1.807) is 24.4 Å². The molecular formula is C27H26FN5O2S2. The Labute approximate surface area is 221 Å². The van der Waals surface area contributed by atoms with Gasteiger partial charge in [-0.2, -0.15) is 0 Å². The van der Waals surface area contributed by atoms with Gasteiger partial charge in [-0.05, 0) is 92.3 Å². The summed E-state index contributed by atoms with van der Waals surface area (Å²) < 4.78 is 41.9. The van der Waals surface area contributed by atoms with Crippen LogP contribution in [0.25, 0.3) is 5.69 Å². The van der Waals surface area contributed by atoms with Gasteiger partial charge in [0.1, 0.15) is 5.82 Å². The molecule has 0 saturated carbocycles. The number of hydrogen-bond acceptors (Lipinski definition) is 4. The summed E-state index contributed by atoms with van der Waals surface area (Å²) in [7, 11) is -3.39. The van der Waals surface area contributed by atoms with E-state index in [2.05, 4.69) is 21.1 Å². The van der Waals surface area contributed by atoms with Crippen molar-refractivity contribution in [2.24, 2.45) is 0 Å². The molecule has 10 heteroatoms. The van der Waals surface area contributed by atoms with E-state index in [4.69, 9.17) is 12.2 Å². The van der Waals surface area contributed by atoms with Crippen LogP contribution in [0.3, 0.4) is 0 Å². The molecule has 0 spiro atoms. The van der Waals surface area contributed by atoms with Crippen LogP contribution in [-0.4, -0.2) is 29.3 Å². The van der Waals surface area contributed by atoms with Crippen LogP contribution >= 0.6 is 12.2 Å². The standard InChI is InChI=1S/C27H26FN5O2S2/c1-17-15-23(18(2)32(17)22-8-6-7-19(28)16-22)26-25(24-9-4-5-14-29-24)30-27(36)33(26)21-12-10-20(11-13-21)31-37(3,34)35/h4-16,25-26,31H,1-3H3,(H,30,36)/t25-,26+/m1/s1.